The maximum Gasteiger partial charge on any atom is 0.290 e. The van der Waals surface area contributed by atoms with Crippen molar-refractivity contribution in [3.8, 4) is 16.9 Å². The minimum absolute atomic E-state index is 0.219. The molecule has 0 radical (unpaired) electrons. The maximum atomic E-state index is 11.5. The fourth-order valence-electron chi connectivity index (χ4n) is 2.03. The van der Waals surface area contributed by atoms with Crippen molar-refractivity contribution in [2.75, 3.05) is 0 Å². The van der Waals surface area contributed by atoms with Gasteiger partial charge in [0.1, 0.15) is 5.75 Å². The smallest absolute Gasteiger partial charge is 0.290 e. The lowest BCUT2D eigenvalue weighted by molar-refractivity contribution is -0.115. The van der Waals surface area contributed by atoms with Gasteiger partial charge in [0.2, 0.25) is 0 Å². The van der Waals surface area contributed by atoms with Crippen LogP contribution in [0.3, 0.4) is 0 Å². The number of imide groups is 1. The second-order valence-electron chi connectivity index (χ2n) is 4.52. The van der Waals surface area contributed by atoms with E-state index in [-0.39, 0.29) is 16.9 Å². The molecule has 0 spiro atoms. The Hall–Kier alpha value is -2.53. The molecule has 2 aromatic rings. The van der Waals surface area contributed by atoms with Crippen LogP contribution < -0.4 is 5.32 Å². The number of carbonyl (C=O) groups excluding carboxylic acids is 2. The Morgan fingerprint density at radius 2 is 1.76 bits per heavy atom. The molecule has 1 aliphatic heterocycles. The molecule has 0 bridgehead atoms. The van der Waals surface area contributed by atoms with Gasteiger partial charge in [-0.15, -0.1) is 0 Å². The summed E-state index contributed by atoms with van der Waals surface area (Å²) in [6, 6.07) is 14.5. The first kappa shape index (κ1) is 13.5. The number of amides is 2. The Balaban J connectivity index is 1.86. The minimum atomic E-state index is -0.359. The predicted molar refractivity (Wildman–Crippen MR) is 82.6 cm³/mol. The highest BCUT2D eigenvalue weighted by Gasteiger charge is 2.24. The highest BCUT2D eigenvalue weighted by Crippen LogP contribution is 2.27. The summed E-state index contributed by atoms with van der Waals surface area (Å²) in [5.41, 5.74) is 2.72. The van der Waals surface area contributed by atoms with E-state index in [1.54, 1.807) is 24.3 Å². The van der Waals surface area contributed by atoms with Crippen LogP contribution in [-0.2, 0) is 4.79 Å². The normalized spacial score (nSPS) is 16.3. The molecular formula is C16H11NO3S. The first-order valence-electron chi connectivity index (χ1n) is 6.26. The van der Waals surface area contributed by atoms with Crippen molar-refractivity contribution in [2.24, 2.45) is 0 Å². The Kier molecular flexibility index (Phi) is 3.50. The topological polar surface area (TPSA) is 66.4 Å². The van der Waals surface area contributed by atoms with Gasteiger partial charge in [0.05, 0.1) is 4.91 Å². The van der Waals surface area contributed by atoms with Gasteiger partial charge in [0.25, 0.3) is 11.1 Å². The molecule has 1 fully saturated rings. The molecule has 1 heterocycles. The number of rotatable bonds is 2. The average molecular weight is 297 g/mol. The van der Waals surface area contributed by atoms with Gasteiger partial charge >= 0.3 is 0 Å². The van der Waals surface area contributed by atoms with Crippen molar-refractivity contribution >= 4 is 29.0 Å². The lowest BCUT2D eigenvalue weighted by atomic mass is 10.0. The molecule has 0 aromatic heterocycles. The summed E-state index contributed by atoms with van der Waals surface area (Å²) in [6.45, 7) is 0. The summed E-state index contributed by atoms with van der Waals surface area (Å²) in [6.07, 6.45) is 1.68. The van der Waals surface area contributed by atoms with Gasteiger partial charge in [-0.05, 0) is 46.7 Å². The number of hydrogen-bond donors (Lipinski definition) is 2. The highest BCUT2D eigenvalue weighted by molar-refractivity contribution is 8.18. The van der Waals surface area contributed by atoms with E-state index in [9.17, 15) is 14.7 Å². The fraction of sp³-hybridized carbons (Fsp3) is 0. The van der Waals surface area contributed by atoms with Gasteiger partial charge in [-0.2, -0.15) is 0 Å². The third kappa shape index (κ3) is 2.98. The summed E-state index contributed by atoms with van der Waals surface area (Å²) >= 11 is 0.900. The Morgan fingerprint density at radius 1 is 1.00 bits per heavy atom. The third-order valence-corrected chi connectivity index (χ3v) is 3.84. The van der Waals surface area contributed by atoms with E-state index in [1.807, 2.05) is 30.3 Å². The van der Waals surface area contributed by atoms with Crippen LogP contribution in [0.5, 0.6) is 5.75 Å². The summed E-state index contributed by atoms with van der Waals surface area (Å²) in [5, 5.41) is 11.4. The van der Waals surface area contributed by atoms with Gasteiger partial charge in [-0.3, -0.25) is 14.9 Å². The zero-order chi connectivity index (χ0) is 14.8. The van der Waals surface area contributed by atoms with Crippen LogP contribution in [0.25, 0.3) is 17.2 Å². The molecule has 0 aliphatic carbocycles. The van der Waals surface area contributed by atoms with Crippen LogP contribution in [0.2, 0.25) is 0 Å². The van der Waals surface area contributed by atoms with Crippen molar-refractivity contribution in [1.29, 1.82) is 0 Å². The standard InChI is InChI=1S/C16H11NO3S/c18-13-3-1-2-12(9-13)11-6-4-10(5-7-11)8-14-15(19)17-16(20)21-14/h1-9,18H,(H,17,19,20)/b14-8-. The van der Waals surface area contributed by atoms with Crippen molar-refractivity contribution < 1.29 is 14.7 Å². The zero-order valence-electron chi connectivity index (χ0n) is 10.9. The van der Waals surface area contributed by atoms with Gasteiger partial charge in [0.15, 0.2) is 0 Å². The lowest BCUT2D eigenvalue weighted by Gasteiger charge is -2.03. The molecule has 1 aliphatic rings. The third-order valence-electron chi connectivity index (χ3n) is 3.03. The van der Waals surface area contributed by atoms with Crippen LogP contribution in [0.4, 0.5) is 4.79 Å². The van der Waals surface area contributed by atoms with Crippen LogP contribution in [0, 0.1) is 0 Å². The lowest BCUT2D eigenvalue weighted by Crippen LogP contribution is -2.17. The molecule has 5 heteroatoms. The molecule has 2 amide bonds. The molecule has 4 nitrogen and oxygen atoms in total. The van der Waals surface area contributed by atoms with Crippen molar-refractivity contribution in [1.82, 2.24) is 5.32 Å². The molecule has 2 N–H and O–H groups in total. The van der Waals surface area contributed by atoms with E-state index in [2.05, 4.69) is 5.32 Å². The van der Waals surface area contributed by atoms with Gasteiger partial charge in [-0.1, -0.05) is 36.4 Å². The number of carbonyl (C=O) groups is 2. The van der Waals surface area contributed by atoms with E-state index in [4.69, 9.17) is 0 Å². The highest BCUT2D eigenvalue weighted by atomic mass is 32.2. The molecule has 21 heavy (non-hydrogen) atoms. The number of thioether (sulfide) groups is 1. The first-order valence-corrected chi connectivity index (χ1v) is 7.08. The second-order valence-corrected chi connectivity index (χ2v) is 5.54. The number of benzene rings is 2. The van der Waals surface area contributed by atoms with Crippen LogP contribution in [-0.4, -0.2) is 16.3 Å². The molecule has 1 saturated heterocycles. The fourth-order valence-corrected chi connectivity index (χ4v) is 2.71. The van der Waals surface area contributed by atoms with E-state index in [0.29, 0.717) is 4.91 Å². The van der Waals surface area contributed by atoms with Crippen molar-refractivity contribution in [3.05, 3.63) is 59.0 Å². The molecule has 0 atom stereocenters. The van der Waals surface area contributed by atoms with Crippen molar-refractivity contribution in [2.45, 2.75) is 0 Å². The molecule has 2 aromatic carbocycles. The maximum absolute atomic E-state index is 11.5. The van der Waals surface area contributed by atoms with Gasteiger partial charge < -0.3 is 5.11 Å². The summed E-state index contributed by atoms with van der Waals surface area (Å²) in [5.74, 6) is -0.140. The minimum Gasteiger partial charge on any atom is -0.508 e. The van der Waals surface area contributed by atoms with Crippen molar-refractivity contribution in [3.63, 3.8) is 0 Å². The SMILES string of the molecule is O=C1NC(=O)/C(=C/c2ccc(-c3cccc(O)c3)cc2)S1. The number of nitrogens with one attached hydrogen (secondary N) is 1. The van der Waals surface area contributed by atoms with E-state index < -0.39 is 0 Å². The monoisotopic (exact) mass is 297 g/mol. The van der Waals surface area contributed by atoms with Gasteiger partial charge in [0, 0.05) is 0 Å². The Morgan fingerprint density at radius 3 is 2.38 bits per heavy atom. The second kappa shape index (κ2) is 5.46. The van der Waals surface area contributed by atoms with Crippen LogP contribution >= 0.6 is 11.8 Å². The molecule has 3 rings (SSSR count). The molecule has 0 saturated carbocycles. The summed E-state index contributed by atoms with van der Waals surface area (Å²) in [7, 11) is 0. The molecular weight excluding hydrogens is 286 g/mol. The molecule has 0 unspecified atom stereocenters. The number of aromatic hydroxyl groups is 1. The Labute approximate surface area is 125 Å². The van der Waals surface area contributed by atoms with E-state index in [0.717, 1.165) is 28.5 Å². The van der Waals surface area contributed by atoms with Crippen LogP contribution in [0.15, 0.2) is 53.4 Å². The van der Waals surface area contributed by atoms with Gasteiger partial charge in [-0.25, -0.2) is 0 Å². The summed E-state index contributed by atoms with van der Waals surface area (Å²) in [4.78, 5) is 23.0. The Bertz CT molecular complexity index is 750. The van der Waals surface area contributed by atoms with Crippen LogP contribution in [0.1, 0.15) is 5.56 Å². The first-order chi connectivity index (χ1) is 10.1. The zero-order valence-corrected chi connectivity index (χ0v) is 11.7. The quantitative estimate of drug-likeness (QED) is 0.834. The predicted octanol–water partition coefficient (Wildman–Crippen LogP) is 3.38. The van der Waals surface area contributed by atoms with E-state index in [1.165, 1.54) is 0 Å². The number of hydrogen-bond acceptors (Lipinski definition) is 4. The molecule has 104 valence electrons. The summed E-state index contributed by atoms with van der Waals surface area (Å²) < 4.78 is 0. The number of phenols is 1. The van der Waals surface area contributed by atoms with E-state index >= 15 is 0 Å². The number of phenolic OH excluding ortho intramolecular Hbond substituents is 1. The largest absolute Gasteiger partial charge is 0.508 e. The average Bonchev–Trinajstić information content (AvgIpc) is 2.78.